The van der Waals surface area contributed by atoms with Gasteiger partial charge in [-0.15, -0.1) is 0 Å². The van der Waals surface area contributed by atoms with E-state index in [0.717, 1.165) is 17.3 Å². The minimum atomic E-state index is 0.299. The van der Waals surface area contributed by atoms with Crippen molar-refractivity contribution in [1.29, 1.82) is 0 Å². The van der Waals surface area contributed by atoms with Crippen LogP contribution in [0.5, 0.6) is 0 Å². The third kappa shape index (κ3) is 2.30. The van der Waals surface area contributed by atoms with E-state index >= 15 is 0 Å². The molecule has 0 spiro atoms. The van der Waals surface area contributed by atoms with Crippen LogP contribution in [-0.4, -0.2) is 6.04 Å². The molecule has 3 atom stereocenters. The second kappa shape index (κ2) is 4.77. The molecule has 18 heavy (non-hydrogen) atoms. The summed E-state index contributed by atoms with van der Waals surface area (Å²) in [5.41, 5.74) is 0.987. The van der Waals surface area contributed by atoms with Crippen LogP contribution in [0.15, 0.2) is 34.7 Å². The number of rotatable bonds is 3. The number of hydrogen-bond donors (Lipinski definition) is 1. The number of hydrogen-bond acceptors (Lipinski definition) is 2. The van der Waals surface area contributed by atoms with Gasteiger partial charge in [0, 0.05) is 11.4 Å². The van der Waals surface area contributed by atoms with Crippen LogP contribution in [0.4, 0.5) is 0 Å². The van der Waals surface area contributed by atoms with E-state index in [-0.39, 0.29) is 0 Å². The van der Waals surface area contributed by atoms with Crippen molar-refractivity contribution >= 4 is 11.0 Å². The van der Waals surface area contributed by atoms with Crippen LogP contribution in [0.1, 0.15) is 44.9 Å². The molecule has 0 amide bonds. The number of benzene rings is 1. The SMILES string of the molecule is CC1CCC(NC(C)c2cc3ccccc3o2)C1. The average molecular weight is 243 g/mol. The van der Waals surface area contributed by atoms with Gasteiger partial charge in [0.1, 0.15) is 11.3 Å². The molecule has 1 heterocycles. The Morgan fingerprint density at radius 1 is 1.28 bits per heavy atom. The predicted molar refractivity (Wildman–Crippen MR) is 74.6 cm³/mol. The zero-order chi connectivity index (χ0) is 12.5. The van der Waals surface area contributed by atoms with Crippen LogP contribution in [0, 0.1) is 5.92 Å². The van der Waals surface area contributed by atoms with Gasteiger partial charge < -0.3 is 9.73 Å². The summed E-state index contributed by atoms with van der Waals surface area (Å²) in [5.74, 6) is 1.92. The summed E-state index contributed by atoms with van der Waals surface area (Å²) in [6, 6.07) is 11.3. The molecular formula is C16H21NO. The van der Waals surface area contributed by atoms with Crippen LogP contribution < -0.4 is 5.32 Å². The van der Waals surface area contributed by atoms with Crippen LogP contribution in [0.25, 0.3) is 11.0 Å². The Balaban J connectivity index is 1.73. The Morgan fingerprint density at radius 3 is 2.83 bits per heavy atom. The molecule has 0 aliphatic heterocycles. The first kappa shape index (κ1) is 11.8. The molecule has 2 aromatic rings. The first-order valence-corrected chi connectivity index (χ1v) is 6.97. The molecule has 1 aliphatic rings. The summed E-state index contributed by atoms with van der Waals surface area (Å²) < 4.78 is 5.90. The van der Waals surface area contributed by atoms with Gasteiger partial charge in [-0.2, -0.15) is 0 Å². The first-order valence-electron chi connectivity index (χ1n) is 6.97. The Morgan fingerprint density at radius 2 is 2.11 bits per heavy atom. The molecule has 1 fully saturated rings. The standard InChI is InChI=1S/C16H21NO/c1-11-7-8-14(9-11)17-12(2)16-10-13-5-3-4-6-15(13)18-16/h3-6,10-12,14,17H,7-9H2,1-2H3. The molecular weight excluding hydrogens is 222 g/mol. The number of nitrogens with one attached hydrogen (secondary N) is 1. The number of fused-ring (bicyclic) bond motifs is 1. The summed E-state index contributed by atoms with van der Waals surface area (Å²) in [7, 11) is 0. The van der Waals surface area contributed by atoms with Gasteiger partial charge in [0.25, 0.3) is 0 Å². The van der Waals surface area contributed by atoms with E-state index < -0.39 is 0 Å². The van der Waals surface area contributed by atoms with E-state index in [2.05, 4.69) is 37.4 Å². The molecule has 1 aromatic heterocycles. The molecule has 2 nitrogen and oxygen atoms in total. The second-order valence-electron chi connectivity index (χ2n) is 5.69. The molecule has 0 bridgehead atoms. The predicted octanol–water partition coefficient (Wildman–Crippen LogP) is 4.27. The van der Waals surface area contributed by atoms with Crippen molar-refractivity contribution < 1.29 is 4.42 Å². The van der Waals surface area contributed by atoms with E-state index in [4.69, 9.17) is 4.42 Å². The molecule has 3 unspecified atom stereocenters. The highest BCUT2D eigenvalue weighted by molar-refractivity contribution is 5.77. The van der Waals surface area contributed by atoms with Crippen molar-refractivity contribution in [2.45, 2.75) is 45.2 Å². The van der Waals surface area contributed by atoms with Crippen molar-refractivity contribution in [3.05, 3.63) is 36.1 Å². The largest absolute Gasteiger partial charge is 0.459 e. The van der Waals surface area contributed by atoms with Gasteiger partial charge in [-0.05, 0) is 44.2 Å². The van der Waals surface area contributed by atoms with Crippen molar-refractivity contribution in [3.63, 3.8) is 0 Å². The maximum absolute atomic E-state index is 5.90. The van der Waals surface area contributed by atoms with E-state index in [1.165, 1.54) is 24.6 Å². The Hall–Kier alpha value is -1.28. The highest BCUT2D eigenvalue weighted by Gasteiger charge is 2.23. The fraction of sp³-hybridized carbons (Fsp3) is 0.500. The highest BCUT2D eigenvalue weighted by atomic mass is 16.3. The fourth-order valence-electron chi connectivity index (χ4n) is 3.01. The summed E-state index contributed by atoms with van der Waals surface area (Å²) >= 11 is 0. The lowest BCUT2D eigenvalue weighted by Gasteiger charge is -2.17. The monoisotopic (exact) mass is 243 g/mol. The average Bonchev–Trinajstić information content (AvgIpc) is 2.95. The summed E-state index contributed by atoms with van der Waals surface area (Å²) in [6.07, 6.45) is 3.95. The van der Waals surface area contributed by atoms with Crippen molar-refractivity contribution in [1.82, 2.24) is 5.32 Å². The van der Waals surface area contributed by atoms with Gasteiger partial charge in [-0.3, -0.25) is 0 Å². The molecule has 1 saturated carbocycles. The molecule has 3 rings (SSSR count). The van der Waals surface area contributed by atoms with Crippen LogP contribution in [-0.2, 0) is 0 Å². The lowest BCUT2D eigenvalue weighted by molar-refractivity contribution is 0.396. The molecule has 96 valence electrons. The normalized spacial score (nSPS) is 25.7. The maximum Gasteiger partial charge on any atom is 0.134 e. The molecule has 0 radical (unpaired) electrons. The van der Waals surface area contributed by atoms with Crippen LogP contribution in [0.3, 0.4) is 0 Å². The lowest BCUT2D eigenvalue weighted by atomic mass is 10.1. The smallest absolute Gasteiger partial charge is 0.134 e. The highest BCUT2D eigenvalue weighted by Crippen LogP contribution is 2.28. The minimum absolute atomic E-state index is 0.299. The molecule has 1 N–H and O–H groups in total. The van der Waals surface area contributed by atoms with Gasteiger partial charge in [0.15, 0.2) is 0 Å². The van der Waals surface area contributed by atoms with Gasteiger partial charge in [0.05, 0.1) is 6.04 Å². The quantitative estimate of drug-likeness (QED) is 0.870. The van der Waals surface area contributed by atoms with Crippen LogP contribution >= 0.6 is 0 Å². The maximum atomic E-state index is 5.90. The van der Waals surface area contributed by atoms with Crippen molar-refractivity contribution in [3.8, 4) is 0 Å². The summed E-state index contributed by atoms with van der Waals surface area (Å²) in [4.78, 5) is 0. The zero-order valence-electron chi connectivity index (χ0n) is 11.1. The Labute approximate surface area is 108 Å². The Bertz CT molecular complexity index is 498. The third-order valence-corrected chi connectivity index (χ3v) is 4.05. The number of furan rings is 1. The van der Waals surface area contributed by atoms with Gasteiger partial charge in [-0.25, -0.2) is 0 Å². The van der Waals surface area contributed by atoms with E-state index in [0.29, 0.717) is 12.1 Å². The molecule has 0 saturated heterocycles. The van der Waals surface area contributed by atoms with E-state index in [9.17, 15) is 0 Å². The summed E-state index contributed by atoms with van der Waals surface area (Å²) in [5, 5.41) is 4.89. The van der Waals surface area contributed by atoms with Crippen molar-refractivity contribution in [2.75, 3.05) is 0 Å². The van der Waals surface area contributed by atoms with Gasteiger partial charge in [0.2, 0.25) is 0 Å². The number of para-hydroxylation sites is 1. The second-order valence-corrected chi connectivity index (χ2v) is 5.69. The Kier molecular flexibility index (Phi) is 3.13. The molecule has 2 heteroatoms. The minimum Gasteiger partial charge on any atom is -0.459 e. The fourth-order valence-corrected chi connectivity index (χ4v) is 3.01. The van der Waals surface area contributed by atoms with E-state index in [1.54, 1.807) is 0 Å². The first-order chi connectivity index (χ1) is 8.72. The van der Waals surface area contributed by atoms with Gasteiger partial charge in [-0.1, -0.05) is 25.1 Å². The molecule has 1 aromatic carbocycles. The molecule has 1 aliphatic carbocycles. The van der Waals surface area contributed by atoms with Crippen molar-refractivity contribution in [2.24, 2.45) is 5.92 Å². The zero-order valence-corrected chi connectivity index (χ0v) is 11.1. The van der Waals surface area contributed by atoms with Gasteiger partial charge >= 0.3 is 0 Å². The van der Waals surface area contributed by atoms with E-state index in [1.807, 2.05) is 12.1 Å². The topological polar surface area (TPSA) is 25.2 Å². The van der Waals surface area contributed by atoms with Crippen LogP contribution in [0.2, 0.25) is 0 Å². The third-order valence-electron chi connectivity index (χ3n) is 4.05. The summed E-state index contributed by atoms with van der Waals surface area (Å²) in [6.45, 7) is 4.54. The lowest BCUT2D eigenvalue weighted by Crippen LogP contribution is -2.29.